The SMILES string of the molecule is CC(=O)O[C@H]1CCC2C3C(CC[C@@]21C)[C@@]1(C)CO[C@H](O)CC1C[C@@H]3O. The molecule has 4 rings (SSSR count). The van der Waals surface area contributed by atoms with Crippen LogP contribution < -0.4 is 0 Å². The molecule has 25 heavy (non-hydrogen) atoms. The second-order valence-electron chi connectivity index (χ2n) is 9.52. The summed E-state index contributed by atoms with van der Waals surface area (Å²) < 4.78 is 11.3. The van der Waals surface area contributed by atoms with Crippen LogP contribution in [0.15, 0.2) is 0 Å². The molecule has 9 atom stereocenters. The smallest absolute Gasteiger partial charge is 0.302 e. The molecule has 0 aromatic heterocycles. The van der Waals surface area contributed by atoms with Gasteiger partial charge in [0, 0.05) is 18.8 Å². The second-order valence-corrected chi connectivity index (χ2v) is 9.52. The number of esters is 1. The van der Waals surface area contributed by atoms with E-state index < -0.39 is 6.29 Å². The Balaban J connectivity index is 1.62. The molecule has 4 aliphatic rings. The first kappa shape index (κ1) is 17.7. The maximum atomic E-state index is 11.5. The fourth-order valence-corrected chi connectivity index (χ4v) is 7.04. The summed E-state index contributed by atoms with van der Waals surface area (Å²) in [5, 5.41) is 20.9. The first-order valence-corrected chi connectivity index (χ1v) is 9.90. The Labute approximate surface area is 150 Å². The monoisotopic (exact) mass is 352 g/mol. The average molecular weight is 352 g/mol. The number of aliphatic hydroxyl groups excluding tert-OH is 2. The first-order chi connectivity index (χ1) is 11.8. The second kappa shape index (κ2) is 5.93. The number of aliphatic hydroxyl groups is 2. The molecule has 5 heteroatoms. The molecule has 0 aromatic carbocycles. The molecular weight excluding hydrogens is 320 g/mol. The number of rotatable bonds is 1. The van der Waals surface area contributed by atoms with Gasteiger partial charge >= 0.3 is 5.97 Å². The van der Waals surface area contributed by atoms with E-state index in [4.69, 9.17) is 9.47 Å². The van der Waals surface area contributed by atoms with Gasteiger partial charge in [-0.15, -0.1) is 0 Å². The van der Waals surface area contributed by atoms with Crippen LogP contribution >= 0.6 is 0 Å². The minimum absolute atomic E-state index is 0.0156. The van der Waals surface area contributed by atoms with Gasteiger partial charge in [0.05, 0.1) is 12.7 Å². The zero-order valence-electron chi connectivity index (χ0n) is 15.6. The van der Waals surface area contributed by atoms with Gasteiger partial charge in [-0.3, -0.25) is 4.79 Å². The number of ether oxygens (including phenoxy) is 2. The zero-order valence-corrected chi connectivity index (χ0v) is 15.6. The van der Waals surface area contributed by atoms with Gasteiger partial charge < -0.3 is 19.7 Å². The Morgan fingerprint density at radius 3 is 2.52 bits per heavy atom. The highest BCUT2D eigenvalue weighted by Crippen LogP contribution is 2.65. The summed E-state index contributed by atoms with van der Waals surface area (Å²) in [5.74, 6) is 1.19. The van der Waals surface area contributed by atoms with Gasteiger partial charge in [-0.05, 0) is 61.2 Å². The first-order valence-electron chi connectivity index (χ1n) is 9.90. The van der Waals surface area contributed by atoms with E-state index >= 15 is 0 Å². The number of carbonyl (C=O) groups is 1. The van der Waals surface area contributed by atoms with E-state index in [9.17, 15) is 15.0 Å². The summed E-state index contributed by atoms with van der Waals surface area (Å²) in [5.41, 5.74) is 0.00995. The normalized spacial score (nSPS) is 55.0. The van der Waals surface area contributed by atoms with Crippen LogP contribution in [0.3, 0.4) is 0 Å². The number of hydrogen-bond acceptors (Lipinski definition) is 5. The molecule has 3 aliphatic carbocycles. The molecule has 0 spiro atoms. The largest absolute Gasteiger partial charge is 0.462 e. The van der Waals surface area contributed by atoms with Crippen LogP contribution in [0.5, 0.6) is 0 Å². The third kappa shape index (κ3) is 2.57. The van der Waals surface area contributed by atoms with E-state index in [-0.39, 0.29) is 34.9 Å². The highest BCUT2D eigenvalue weighted by Gasteiger charge is 2.63. The van der Waals surface area contributed by atoms with Gasteiger partial charge in [-0.25, -0.2) is 0 Å². The lowest BCUT2D eigenvalue weighted by molar-refractivity contribution is -0.245. The van der Waals surface area contributed by atoms with Crippen molar-refractivity contribution >= 4 is 5.97 Å². The molecular formula is C20H32O5. The minimum Gasteiger partial charge on any atom is -0.462 e. The van der Waals surface area contributed by atoms with Crippen LogP contribution in [0.25, 0.3) is 0 Å². The van der Waals surface area contributed by atoms with Crippen LogP contribution in [0.2, 0.25) is 0 Å². The third-order valence-electron chi connectivity index (χ3n) is 8.38. The fraction of sp³-hybridized carbons (Fsp3) is 0.950. The third-order valence-corrected chi connectivity index (χ3v) is 8.38. The molecule has 0 amide bonds. The Hall–Kier alpha value is -0.650. The van der Waals surface area contributed by atoms with Crippen molar-refractivity contribution in [3.05, 3.63) is 0 Å². The van der Waals surface area contributed by atoms with Crippen molar-refractivity contribution in [1.29, 1.82) is 0 Å². The molecule has 0 radical (unpaired) electrons. The molecule has 1 heterocycles. The van der Waals surface area contributed by atoms with Gasteiger partial charge in [-0.2, -0.15) is 0 Å². The standard InChI is InChI=1S/C20H32O5/c1-11(21)25-16-5-4-13-18-14(6-7-19(13,16)2)20(3)10-24-17(23)9-12(20)8-15(18)22/h12-18,22-23H,4-10H2,1-3H3/t12?,13?,14?,15-,16-,17-,18?,19-,20-/m0/s1. The number of hydrogen-bond donors (Lipinski definition) is 2. The maximum absolute atomic E-state index is 11.5. The summed E-state index contributed by atoms with van der Waals surface area (Å²) in [6.45, 7) is 6.64. The minimum atomic E-state index is -0.685. The summed E-state index contributed by atoms with van der Waals surface area (Å²) in [4.78, 5) is 11.5. The van der Waals surface area contributed by atoms with Crippen LogP contribution in [0.4, 0.5) is 0 Å². The fourth-order valence-electron chi connectivity index (χ4n) is 7.04. The van der Waals surface area contributed by atoms with E-state index in [1.165, 1.54) is 6.92 Å². The van der Waals surface area contributed by atoms with Crippen molar-refractivity contribution in [1.82, 2.24) is 0 Å². The Bertz CT molecular complexity index is 550. The van der Waals surface area contributed by atoms with E-state index in [1.807, 2.05) is 0 Å². The molecule has 2 N–H and O–H groups in total. The lowest BCUT2D eigenvalue weighted by atomic mass is 9.46. The van der Waals surface area contributed by atoms with Gasteiger partial charge in [0.1, 0.15) is 6.10 Å². The van der Waals surface area contributed by atoms with Crippen LogP contribution in [0, 0.1) is 34.5 Å². The highest BCUT2D eigenvalue weighted by atomic mass is 16.6. The molecule has 4 fully saturated rings. The van der Waals surface area contributed by atoms with Gasteiger partial charge in [0.15, 0.2) is 6.29 Å². The zero-order chi connectivity index (χ0) is 18.0. The summed E-state index contributed by atoms with van der Waals surface area (Å²) in [6, 6.07) is 0. The molecule has 3 saturated carbocycles. The molecule has 0 aromatic rings. The lowest BCUT2D eigenvalue weighted by Gasteiger charge is -2.61. The molecule has 0 bridgehead atoms. The molecule has 1 aliphatic heterocycles. The van der Waals surface area contributed by atoms with Gasteiger partial charge in [0.25, 0.3) is 0 Å². The van der Waals surface area contributed by atoms with Gasteiger partial charge in [0.2, 0.25) is 0 Å². The van der Waals surface area contributed by atoms with E-state index in [0.29, 0.717) is 30.8 Å². The highest BCUT2D eigenvalue weighted by molar-refractivity contribution is 5.66. The predicted molar refractivity (Wildman–Crippen MR) is 91.4 cm³/mol. The topological polar surface area (TPSA) is 76.0 Å². The quantitative estimate of drug-likeness (QED) is 0.709. The van der Waals surface area contributed by atoms with E-state index in [1.54, 1.807) is 0 Å². The molecule has 5 nitrogen and oxygen atoms in total. The van der Waals surface area contributed by atoms with Crippen LogP contribution in [-0.2, 0) is 14.3 Å². The average Bonchev–Trinajstić information content (AvgIpc) is 2.85. The maximum Gasteiger partial charge on any atom is 0.302 e. The van der Waals surface area contributed by atoms with Crippen molar-refractivity contribution in [2.75, 3.05) is 6.61 Å². The van der Waals surface area contributed by atoms with Crippen LogP contribution in [-0.4, -0.2) is 41.3 Å². The van der Waals surface area contributed by atoms with Crippen molar-refractivity contribution in [2.24, 2.45) is 34.5 Å². The number of fused-ring (bicyclic) bond motifs is 5. The Morgan fingerprint density at radius 1 is 1.08 bits per heavy atom. The molecule has 4 unspecified atom stereocenters. The van der Waals surface area contributed by atoms with Crippen LogP contribution in [0.1, 0.15) is 59.3 Å². The summed E-state index contributed by atoms with van der Waals surface area (Å²) >= 11 is 0. The predicted octanol–water partition coefficient (Wildman–Crippen LogP) is 2.49. The summed E-state index contributed by atoms with van der Waals surface area (Å²) in [7, 11) is 0. The van der Waals surface area contributed by atoms with Crippen molar-refractivity contribution in [2.45, 2.75) is 77.8 Å². The molecule has 142 valence electrons. The van der Waals surface area contributed by atoms with Crippen molar-refractivity contribution in [3.8, 4) is 0 Å². The number of carbonyl (C=O) groups excluding carboxylic acids is 1. The molecule has 1 saturated heterocycles. The Morgan fingerprint density at radius 2 is 1.80 bits per heavy atom. The Kier molecular flexibility index (Phi) is 4.21. The summed E-state index contributed by atoms with van der Waals surface area (Å²) in [6.07, 6.45) is 4.37. The lowest BCUT2D eigenvalue weighted by Crippen LogP contribution is -2.60. The van der Waals surface area contributed by atoms with Gasteiger partial charge in [-0.1, -0.05) is 13.8 Å². The van der Waals surface area contributed by atoms with Crippen molar-refractivity contribution < 1.29 is 24.5 Å². The van der Waals surface area contributed by atoms with E-state index in [2.05, 4.69) is 13.8 Å². The van der Waals surface area contributed by atoms with E-state index in [0.717, 1.165) is 32.1 Å². The van der Waals surface area contributed by atoms with Crippen molar-refractivity contribution in [3.63, 3.8) is 0 Å².